The molecule has 1 aromatic heterocycles. The molecule has 0 unspecified atom stereocenters. The molecule has 88 valence electrons. The molecule has 1 heterocycles. The Morgan fingerprint density at radius 3 is 3.18 bits per heavy atom. The molecule has 0 radical (unpaired) electrons. The summed E-state index contributed by atoms with van der Waals surface area (Å²) >= 11 is 6.83. The summed E-state index contributed by atoms with van der Waals surface area (Å²) in [5, 5.41) is 7.83. The van der Waals surface area contributed by atoms with Gasteiger partial charge in [0.2, 0.25) is 0 Å². The first-order chi connectivity index (χ1) is 8.19. The monoisotopic (exact) mass is 263 g/mol. The summed E-state index contributed by atoms with van der Waals surface area (Å²) in [5.74, 6) is 0. The SMILES string of the molecule is C=CCNC(=S)Nc1ccc2nc(C)sc2c1. The number of nitrogens with one attached hydrogen (secondary N) is 2. The Kier molecular flexibility index (Phi) is 3.71. The van der Waals surface area contributed by atoms with E-state index in [-0.39, 0.29) is 0 Å². The molecule has 3 nitrogen and oxygen atoms in total. The van der Waals surface area contributed by atoms with E-state index in [1.165, 1.54) is 4.70 Å². The van der Waals surface area contributed by atoms with Crippen LogP contribution in [0, 0.1) is 6.92 Å². The largest absolute Gasteiger partial charge is 0.359 e. The highest BCUT2D eigenvalue weighted by molar-refractivity contribution is 7.80. The van der Waals surface area contributed by atoms with Crippen molar-refractivity contribution in [3.63, 3.8) is 0 Å². The van der Waals surface area contributed by atoms with Crippen LogP contribution in [-0.4, -0.2) is 16.6 Å². The van der Waals surface area contributed by atoms with Crippen molar-refractivity contribution >= 4 is 44.6 Å². The maximum absolute atomic E-state index is 5.15. The van der Waals surface area contributed by atoms with Crippen LogP contribution in [0.2, 0.25) is 0 Å². The number of aryl methyl sites for hydroxylation is 1. The molecule has 0 amide bonds. The van der Waals surface area contributed by atoms with Crippen LogP contribution in [0.4, 0.5) is 5.69 Å². The third-order valence-electron chi connectivity index (χ3n) is 2.16. The van der Waals surface area contributed by atoms with Gasteiger partial charge < -0.3 is 10.6 Å². The van der Waals surface area contributed by atoms with Crippen LogP contribution in [0.5, 0.6) is 0 Å². The van der Waals surface area contributed by atoms with Crippen molar-refractivity contribution in [2.45, 2.75) is 6.92 Å². The fourth-order valence-electron chi connectivity index (χ4n) is 1.46. The van der Waals surface area contributed by atoms with Gasteiger partial charge in [0.15, 0.2) is 5.11 Å². The van der Waals surface area contributed by atoms with E-state index in [4.69, 9.17) is 12.2 Å². The molecule has 0 fully saturated rings. The summed E-state index contributed by atoms with van der Waals surface area (Å²) in [4.78, 5) is 4.41. The number of thiazole rings is 1. The zero-order valence-electron chi connectivity index (χ0n) is 9.49. The van der Waals surface area contributed by atoms with Gasteiger partial charge in [-0.15, -0.1) is 17.9 Å². The lowest BCUT2D eigenvalue weighted by molar-refractivity contribution is 1.06. The normalized spacial score (nSPS) is 10.2. The Balaban J connectivity index is 2.13. The van der Waals surface area contributed by atoms with Crippen LogP contribution in [0.1, 0.15) is 5.01 Å². The second kappa shape index (κ2) is 5.25. The van der Waals surface area contributed by atoms with Crippen LogP contribution in [0.15, 0.2) is 30.9 Å². The third-order valence-corrected chi connectivity index (χ3v) is 3.34. The van der Waals surface area contributed by atoms with Crippen LogP contribution in [-0.2, 0) is 0 Å². The highest BCUT2D eigenvalue weighted by atomic mass is 32.1. The lowest BCUT2D eigenvalue weighted by Crippen LogP contribution is -2.28. The summed E-state index contributed by atoms with van der Waals surface area (Å²) in [7, 11) is 0. The molecule has 17 heavy (non-hydrogen) atoms. The Bertz CT molecular complexity index is 560. The van der Waals surface area contributed by atoms with Crippen molar-refractivity contribution < 1.29 is 0 Å². The van der Waals surface area contributed by atoms with Gasteiger partial charge in [-0.1, -0.05) is 6.08 Å². The van der Waals surface area contributed by atoms with E-state index >= 15 is 0 Å². The Morgan fingerprint density at radius 1 is 1.59 bits per heavy atom. The molecule has 0 aliphatic carbocycles. The van der Waals surface area contributed by atoms with E-state index in [0.29, 0.717) is 11.7 Å². The van der Waals surface area contributed by atoms with Crippen LogP contribution in [0.3, 0.4) is 0 Å². The molecule has 0 bridgehead atoms. The number of aromatic nitrogens is 1. The van der Waals surface area contributed by atoms with Gasteiger partial charge in [0, 0.05) is 12.2 Å². The molecule has 2 aromatic rings. The number of rotatable bonds is 3. The predicted octanol–water partition coefficient (Wildman–Crippen LogP) is 3.08. The average Bonchev–Trinajstić information content (AvgIpc) is 2.65. The van der Waals surface area contributed by atoms with Crippen molar-refractivity contribution in [3.05, 3.63) is 35.9 Å². The van der Waals surface area contributed by atoms with E-state index in [1.54, 1.807) is 17.4 Å². The van der Waals surface area contributed by atoms with Gasteiger partial charge >= 0.3 is 0 Å². The molecule has 0 aliphatic rings. The molecule has 0 atom stereocenters. The zero-order chi connectivity index (χ0) is 12.3. The fraction of sp³-hybridized carbons (Fsp3) is 0.167. The topological polar surface area (TPSA) is 37.0 Å². The van der Waals surface area contributed by atoms with E-state index in [0.717, 1.165) is 16.2 Å². The Hall–Kier alpha value is -1.46. The first kappa shape index (κ1) is 12.0. The number of thiocarbonyl (C=S) groups is 1. The number of hydrogen-bond donors (Lipinski definition) is 2. The van der Waals surface area contributed by atoms with Crippen molar-refractivity contribution in [1.82, 2.24) is 10.3 Å². The molecule has 0 saturated carbocycles. The van der Waals surface area contributed by atoms with Crippen molar-refractivity contribution in [2.24, 2.45) is 0 Å². The number of benzene rings is 1. The second-order valence-corrected chi connectivity index (χ2v) is 5.18. The summed E-state index contributed by atoms with van der Waals surface area (Å²) in [6.45, 7) is 6.30. The third kappa shape index (κ3) is 3.01. The van der Waals surface area contributed by atoms with Crippen LogP contribution in [0.25, 0.3) is 10.2 Å². The van der Waals surface area contributed by atoms with Gasteiger partial charge in [-0.2, -0.15) is 0 Å². The van der Waals surface area contributed by atoms with Crippen molar-refractivity contribution in [2.75, 3.05) is 11.9 Å². The fourth-order valence-corrected chi connectivity index (χ4v) is 2.53. The summed E-state index contributed by atoms with van der Waals surface area (Å²) in [5.41, 5.74) is 2.01. The standard InChI is InChI=1S/C12H13N3S2/c1-3-6-13-12(16)15-9-4-5-10-11(7-9)17-8(2)14-10/h3-5,7H,1,6H2,2H3,(H2,13,15,16). The molecule has 5 heteroatoms. The van der Waals surface area contributed by atoms with Gasteiger partial charge in [-0.25, -0.2) is 4.98 Å². The smallest absolute Gasteiger partial charge is 0.171 e. The number of anilines is 1. The van der Waals surface area contributed by atoms with Crippen LogP contribution < -0.4 is 10.6 Å². The molecule has 2 rings (SSSR count). The van der Waals surface area contributed by atoms with E-state index in [9.17, 15) is 0 Å². The quantitative estimate of drug-likeness (QED) is 0.659. The van der Waals surface area contributed by atoms with E-state index in [2.05, 4.69) is 28.3 Å². The molecule has 0 spiro atoms. The van der Waals surface area contributed by atoms with E-state index in [1.807, 2.05) is 19.1 Å². The molecule has 1 aromatic carbocycles. The van der Waals surface area contributed by atoms with Crippen molar-refractivity contribution in [3.8, 4) is 0 Å². The second-order valence-electron chi connectivity index (χ2n) is 3.54. The van der Waals surface area contributed by atoms with Crippen molar-refractivity contribution in [1.29, 1.82) is 0 Å². The predicted molar refractivity (Wildman–Crippen MR) is 78.8 cm³/mol. The zero-order valence-corrected chi connectivity index (χ0v) is 11.1. The minimum Gasteiger partial charge on any atom is -0.359 e. The number of nitrogens with zero attached hydrogens (tertiary/aromatic N) is 1. The van der Waals surface area contributed by atoms with Gasteiger partial charge in [0.1, 0.15) is 0 Å². The molecule has 0 aliphatic heterocycles. The molecular weight excluding hydrogens is 250 g/mol. The Morgan fingerprint density at radius 2 is 2.41 bits per heavy atom. The lowest BCUT2D eigenvalue weighted by Gasteiger charge is -2.08. The number of fused-ring (bicyclic) bond motifs is 1. The first-order valence-electron chi connectivity index (χ1n) is 5.22. The van der Waals surface area contributed by atoms with Gasteiger partial charge in [-0.3, -0.25) is 0 Å². The Labute approximate surface area is 110 Å². The maximum atomic E-state index is 5.15. The maximum Gasteiger partial charge on any atom is 0.171 e. The van der Waals surface area contributed by atoms with Crippen LogP contribution >= 0.6 is 23.6 Å². The summed E-state index contributed by atoms with van der Waals surface area (Å²) < 4.78 is 1.17. The van der Waals surface area contributed by atoms with Gasteiger partial charge in [0.25, 0.3) is 0 Å². The first-order valence-corrected chi connectivity index (χ1v) is 6.44. The van der Waals surface area contributed by atoms with E-state index < -0.39 is 0 Å². The summed E-state index contributed by atoms with van der Waals surface area (Å²) in [6, 6.07) is 6.03. The minimum absolute atomic E-state index is 0.602. The highest BCUT2D eigenvalue weighted by Gasteiger charge is 2.02. The molecule has 2 N–H and O–H groups in total. The lowest BCUT2D eigenvalue weighted by atomic mass is 10.3. The van der Waals surface area contributed by atoms with Gasteiger partial charge in [0.05, 0.1) is 15.2 Å². The molecular formula is C12H13N3S2. The average molecular weight is 263 g/mol. The number of hydrogen-bond acceptors (Lipinski definition) is 3. The summed E-state index contributed by atoms with van der Waals surface area (Å²) in [6.07, 6.45) is 1.77. The minimum atomic E-state index is 0.602. The highest BCUT2D eigenvalue weighted by Crippen LogP contribution is 2.24. The molecule has 0 saturated heterocycles. The van der Waals surface area contributed by atoms with Gasteiger partial charge in [-0.05, 0) is 37.3 Å².